The number of hydrogen-bond acceptors (Lipinski definition) is 6. The zero-order chi connectivity index (χ0) is 20.3. The van der Waals surface area contributed by atoms with Crippen LogP contribution in [-0.2, 0) is 11.3 Å². The summed E-state index contributed by atoms with van der Waals surface area (Å²) in [6, 6.07) is 2.89. The van der Waals surface area contributed by atoms with Crippen molar-refractivity contribution in [3.05, 3.63) is 17.5 Å². The van der Waals surface area contributed by atoms with Crippen molar-refractivity contribution in [1.82, 2.24) is 24.3 Å². The predicted octanol–water partition coefficient (Wildman–Crippen LogP) is 2.87. The maximum Gasteiger partial charge on any atom is 0.226 e. The highest BCUT2D eigenvalue weighted by atomic mass is 35.5. The van der Waals surface area contributed by atoms with Crippen LogP contribution >= 0.6 is 11.6 Å². The molecule has 164 valence electrons. The molecular weight excluding hydrogens is 400 g/mol. The van der Waals surface area contributed by atoms with E-state index in [1.165, 1.54) is 45.2 Å². The fourth-order valence-electron chi connectivity index (χ4n) is 5.25. The van der Waals surface area contributed by atoms with Crippen molar-refractivity contribution in [3.8, 4) is 0 Å². The molecule has 0 atom stereocenters. The number of halogens is 1. The summed E-state index contributed by atoms with van der Waals surface area (Å²) in [7, 11) is 0. The number of ether oxygens (including phenoxy) is 1. The van der Waals surface area contributed by atoms with Crippen molar-refractivity contribution in [2.75, 3.05) is 63.9 Å². The lowest BCUT2D eigenvalue weighted by Crippen LogP contribution is -2.47. The molecule has 0 unspecified atom stereocenters. The molecule has 5 heterocycles. The smallest absolute Gasteiger partial charge is 0.226 e. The van der Waals surface area contributed by atoms with Gasteiger partial charge in [0, 0.05) is 51.5 Å². The summed E-state index contributed by atoms with van der Waals surface area (Å²) in [5.41, 5.74) is 0.955. The Labute approximate surface area is 183 Å². The molecule has 0 amide bonds. The molecule has 7 nitrogen and oxygen atoms in total. The van der Waals surface area contributed by atoms with Crippen molar-refractivity contribution in [2.45, 2.75) is 44.7 Å². The number of piperidine rings is 2. The van der Waals surface area contributed by atoms with Gasteiger partial charge < -0.3 is 19.1 Å². The van der Waals surface area contributed by atoms with Crippen LogP contribution in [0.4, 0.5) is 5.82 Å². The third-order valence-corrected chi connectivity index (χ3v) is 7.17. The molecular formula is C22H33ClN6O. The van der Waals surface area contributed by atoms with Crippen molar-refractivity contribution in [1.29, 1.82) is 0 Å². The highest BCUT2D eigenvalue weighted by Crippen LogP contribution is 2.30. The van der Waals surface area contributed by atoms with E-state index in [1.807, 2.05) is 0 Å². The fourth-order valence-corrected chi connectivity index (χ4v) is 5.41. The zero-order valence-electron chi connectivity index (χ0n) is 17.8. The molecule has 0 aromatic carbocycles. The Balaban J connectivity index is 1.28. The average Bonchev–Trinajstić information content (AvgIpc) is 3.21. The summed E-state index contributed by atoms with van der Waals surface area (Å²) in [6.45, 7) is 10.2. The Morgan fingerprint density at radius 2 is 1.70 bits per heavy atom. The second kappa shape index (κ2) is 9.39. The third kappa shape index (κ3) is 4.44. The molecule has 3 aliphatic rings. The summed E-state index contributed by atoms with van der Waals surface area (Å²) in [6.07, 6.45) is 8.68. The number of fused-ring (bicyclic) bond motifs is 1. The molecule has 0 spiro atoms. The standard InChI is InChI=1S/C22H33ClN6O/c23-22-24-20(28-9-4-18(5-10-28)27-7-2-1-3-8-27)19-6-11-29(21(19)25-22)13-12-26-14-16-30-17-15-26/h6,11,18H,1-5,7-10,12-17H2. The molecule has 2 aromatic heterocycles. The first-order chi connectivity index (χ1) is 14.8. The molecule has 30 heavy (non-hydrogen) atoms. The van der Waals surface area contributed by atoms with Gasteiger partial charge in [-0.2, -0.15) is 9.97 Å². The summed E-state index contributed by atoms with van der Waals surface area (Å²) in [4.78, 5) is 16.8. The van der Waals surface area contributed by atoms with Crippen LogP contribution in [-0.4, -0.2) is 89.4 Å². The third-order valence-electron chi connectivity index (χ3n) is 7.00. The molecule has 0 radical (unpaired) electrons. The van der Waals surface area contributed by atoms with Gasteiger partial charge in [0.1, 0.15) is 11.5 Å². The van der Waals surface area contributed by atoms with Gasteiger partial charge in [0.2, 0.25) is 5.28 Å². The van der Waals surface area contributed by atoms with Gasteiger partial charge in [-0.1, -0.05) is 6.42 Å². The maximum absolute atomic E-state index is 6.37. The van der Waals surface area contributed by atoms with Gasteiger partial charge in [0.25, 0.3) is 0 Å². The van der Waals surface area contributed by atoms with Gasteiger partial charge in [0.05, 0.1) is 18.6 Å². The van der Waals surface area contributed by atoms with Crippen LogP contribution in [0.3, 0.4) is 0 Å². The van der Waals surface area contributed by atoms with Crippen LogP contribution in [0, 0.1) is 0 Å². The molecule has 3 fully saturated rings. The van der Waals surface area contributed by atoms with E-state index in [0.29, 0.717) is 5.28 Å². The van der Waals surface area contributed by atoms with Gasteiger partial charge in [-0.15, -0.1) is 0 Å². The van der Waals surface area contributed by atoms with Crippen molar-refractivity contribution in [3.63, 3.8) is 0 Å². The Morgan fingerprint density at radius 1 is 0.933 bits per heavy atom. The molecule has 3 aliphatic heterocycles. The van der Waals surface area contributed by atoms with Crippen LogP contribution < -0.4 is 4.90 Å². The van der Waals surface area contributed by atoms with Crippen LogP contribution in [0.25, 0.3) is 11.0 Å². The number of hydrogen-bond donors (Lipinski definition) is 0. The highest BCUT2D eigenvalue weighted by Gasteiger charge is 2.27. The quantitative estimate of drug-likeness (QED) is 0.677. The molecule has 0 N–H and O–H groups in total. The lowest BCUT2D eigenvalue weighted by atomic mass is 10.00. The van der Waals surface area contributed by atoms with E-state index in [2.05, 4.69) is 41.5 Å². The largest absolute Gasteiger partial charge is 0.379 e. The predicted molar refractivity (Wildman–Crippen MR) is 120 cm³/mol. The molecule has 3 saturated heterocycles. The fraction of sp³-hybridized carbons (Fsp3) is 0.727. The summed E-state index contributed by atoms with van der Waals surface area (Å²) in [5, 5.41) is 1.47. The lowest BCUT2D eigenvalue weighted by Gasteiger charge is -2.40. The normalized spacial score (nSPS) is 22.8. The van der Waals surface area contributed by atoms with Gasteiger partial charge in [-0.25, -0.2) is 0 Å². The Hall–Kier alpha value is -1.41. The van der Waals surface area contributed by atoms with Crippen LogP contribution in [0.15, 0.2) is 12.3 Å². The zero-order valence-corrected chi connectivity index (χ0v) is 18.6. The topological polar surface area (TPSA) is 49.7 Å². The number of nitrogens with zero attached hydrogens (tertiary/aromatic N) is 6. The minimum atomic E-state index is 0.349. The van der Waals surface area contributed by atoms with Gasteiger partial charge in [0.15, 0.2) is 0 Å². The van der Waals surface area contributed by atoms with Crippen molar-refractivity contribution < 1.29 is 4.74 Å². The molecule has 2 aromatic rings. The number of morpholine rings is 1. The first-order valence-corrected chi connectivity index (χ1v) is 12.0. The maximum atomic E-state index is 6.37. The summed E-state index contributed by atoms with van der Waals surface area (Å²) < 4.78 is 7.68. The number of aromatic nitrogens is 3. The minimum Gasteiger partial charge on any atom is -0.379 e. The lowest BCUT2D eigenvalue weighted by molar-refractivity contribution is 0.0365. The van der Waals surface area contributed by atoms with Crippen molar-refractivity contribution in [2.24, 2.45) is 0 Å². The molecule has 0 bridgehead atoms. The molecule has 0 saturated carbocycles. The van der Waals surface area contributed by atoms with Crippen LogP contribution in [0.1, 0.15) is 32.1 Å². The van der Waals surface area contributed by atoms with Crippen LogP contribution in [0.5, 0.6) is 0 Å². The molecule has 8 heteroatoms. The van der Waals surface area contributed by atoms with Crippen molar-refractivity contribution >= 4 is 28.5 Å². The first-order valence-electron chi connectivity index (χ1n) is 11.6. The van der Waals surface area contributed by atoms with E-state index >= 15 is 0 Å². The van der Waals surface area contributed by atoms with E-state index in [0.717, 1.165) is 75.4 Å². The highest BCUT2D eigenvalue weighted by molar-refractivity contribution is 6.28. The number of rotatable bonds is 5. The summed E-state index contributed by atoms with van der Waals surface area (Å²) >= 11 is 6.37. The van der Waals surface area contributed by atoms with E-state index in [9.17, 15) is 0 Å². The van der Waals surface area contributed by atoms with Gasteiger partial charge in [-0.3, -0.25) is 4.90 Å². The first kappa shape index (κ1) is 20.5. The Bertz CT molecular complexity index is 838. The van der Waals surface area contributed by atoms with Gasteiger partial charge >= 0.3 is 0 Å². The van der Waals surface area contributed by atoms with E-state index < -0.39 is 0 Å². The minimum absolute atomic E-state index is 0.349. The molecule has 0 aliphatic carbocycles. The average molecular weight is 433 g/mol. The SMILES string of the molecule is Clc1nc(N2CCC(N3CCCCC3)CC2)c2ccn(CCN3CCOCC3)c2n1. The summed E-state index contributed by atoms with van der Waals surface area (Å²) in [5.74, 6) is 1.01. The van der Waals surface area contributed by atoms with E-state index in [4.69, 9.17) is 16.3 Å². The second-order valence-electron chi connectivity index (χ2n) is 8.83. The van der Waals surface area contributed by atoms with E-state index in [-0.39, 0.29) is 0 Å². The van der Waals surface area contributed by atoms with Gasteiger partial charge in [-0.05, 0) is 56.4 Å². The number of likely N-dealkylation sites (tertiary alicyclic amines) is 1. The Morgan fingerprint density at radius 3 is 2.47 bits per heavy atom. The van der Waals surface area contributed by atoms with Crippen LogP contribution in [0.2, 0.25) is 5.28 Å². The second-order valence-corrected chi connectivity index (χ2v) is 9.17. The Kier molecular flexibility index (Phi) is 6.41. The number of anilines is 1. The monoisotopic (exact) mass is 432 g/mol. The van der Waals surface area contributed by atoms with E-state index in [1.54, 1.807) is 0 Å². The molecule has 5 rings (SSSR count).